The fraction of sp³-hybridized carbons (Fsp3) is 0.625. The summed E-state index contributed by atoms with van der Waals surface area (Å²) in [5.74, 6) is 4.02. The average Bonchev–Trinajstić information content (AvgIpc) is 3.14. The third-order valence-electron chi connectivity index (χ3n) is 7.52. The number of Topliss-reactive ketones (excluding diaryl/α,β-unsaturated/α-hetero) is 1. The van der Waals surface area contributed by atoms with Crippen LogP contribution in [0.4, 0.5) is 0 Å². The molecule has 4 bridgehead atoms. The predicted octanol–water partition coefficient (Wildman–Crippen LogP) is 5.51. The van der Waals surface area contributed by atoms with Gasteiger partial charge in [-0.05, 0) is 74.8 Å². The first-order valence-corrected chi connectivity index (χ1v) is 12.8. The average molecular weight is 460 g/mol. The lowest BCUT2D eigenvalue weighted by atomic mass is 9.48. The van der Waals surface area contributed by atoms with Crippen LogP contribution in [0.25, 0.3) is 11.4 Å². The molecule has 4 saturated carbocycles. The SMILES string of the molecule is COCCCn1c(SCC(=O)C23CC4CC(CC(C4)C2)C3)nnc1-c1ccccc1Cl. The van der Waals surface area contributed by atoms with Crippen molar-refractivity contribution in [2.75, 3.05) is 19.5 Å². The van der Waals surface area contributed by atoms with Crippen molar-refractivity contribution < 1.29 is 9.53 Å². The number of benzene rings is 1. The molecule has 0 aliphatic heterocycles. The highest BCUT2D eigenvalue weighted by Crippen LogP contribution is 2.60. The molecule has 1 aromatic carbocycles. The quantitative estimate of drug-likeness (QED) is 0.365. The molecule has 1 aromatic heterocycles. The highest BCUT2D eigenvalue weighted by molar-refractivity contribution is 7.99. The molecular formula is C24H30ClN3O2S. The van der Waals surface area contributed by atoms with E-state index in [1.165, 1.54) is 31.0 Å². The van der Waals surface area contributed by atoms with Gasteiger partial charge in [-0.15, -0.1) is 10.2 Å². The number of hydrogen-bond acceptors (Lipinski definition) is 5. The van der Waals surface area contributed by atoms with Crippen molar-refractivity contribution >= 4 is 29.1 Å². The number of rotatable bonds is 9. The molecule has 0 unspecified atom stereocenters. The maximum Gasteiger partial charge on any atom is 0.191 e. The van der Waals surface area contributed by atoms with Gasteiger partial charge in [-0.25, -0.2) is 0 Å². The van der Waals surface area contributed by atoms with Gasteiger partial charge < -0.3 is 9.30 Å². The van der Waals surface area contributed by atoms with E-state index in [-0.39, 0.29) is 5.41 Å². The fourth-order valence-electron chi connectivity index (χ4n) is 6.54. The van der Waals surface area contributed by atoms with Crippen LogP contribution in [-0.4, -0.2) is 40.0 Å². The molecule has 1 heterocycles. The summed E-state index contributed by atoms with van der Waals surface area (Å²) in [6, 6.07) is 7.71. The monoisotopic (exact) mass is 459 g/mol. The van der Waals surface area contributed by atoms with E-state index in [0.717, 1.165) is 66.5 Å². The van der Waals surface area contributed by atoms with E-state index in [1.54, 1.807) is 7.11 Å². The Morgan fingerprint density at radius 1 is 1.16 bits per heavy atom. The summed E-state index contributed by atoms with van der Waals surface area (Å²) in [4.78, 5) is 13.5. The molecule has 0 radical (unpaired) electrons. The number of ketones is 1. The van der Waals surface area contributed by atoms with Crippen molar-refractivity contribution in [3.63, 3.8) is 0 Å². The van der Waals surface area contributed by atoms with Crippen LogP contribution in [0.1, 0.15) is 44.9 Å². The van der Waals surface area contributed by atoms with Gasteiger partial charge in [0.25, 0.3) is 0 Å². The normalized spacial score (nSPS) is 28.9. The second-order valence-corrected chi connectivity index (χ2v) is 11.0. The Morgan fingerprint density at radius 2 is 1.84 bits per heavy atom. The summed E-state index contributed by atoms with van der Waals surface area (Å²) in [6.45, 7) is 1.39. The van der Waals surface area contributed by atoms with Crippen molar-refractivity contribution in [1.29, 1.82) is 0 Å². The highest BCUT2D eigenvalue weighted by Gasteiger charge is 2.54. The van der Waals surface area contributed by atoms with Crippen molar-refractivity contribution in [2.45, 2.75) is 56.6 Å². The molecule has 0 spiro atoms. The standard InChI is InChI=1S/C24H30ClN3O2S/c1-30-8-4-7-28-22(19-5-2-3-6-20(19)25)26-27-23(28)31-15-21(29)24-12-16-9-17(13-24)11-18(10-16)14-24/h2-3,5-6,16-18H,4,7-15H2,1H3. The van der Waals surface area contributed by atoms with Crippen molar-refractivity contribution in [2.24, 2.45) is 23.2 Å². The second-order valence-electron chi connectivity index (χ2n) is 9.69. The third kappa shape index (κ3) is 4.19. The van der Waals surface area contributed by atoms with Gasteiger partial charge in [0.1, 0.15) is 5.78 Å². The van der Waals surface area contributed by atoms with Gasteiger partial charge in [0.2, 0.25) is 0 Å². The highest BCUT2D eigenvalue weighted by atomic mass is 35.5. The molecule has 7 heteroatoms. The van der Waals surface area contributed by atoms with Gasteiger partial charge >= 0.3 is 0 Å². The largest absolute Gasteiger partial charge is 0.385 e. The minimum absolute atomic E-state index is 0.0613. The molecule has 4 aliphatic rings. The van der Waals surface area contributed by atoms with Crippen LogP contribution < -0.4 is 0 Å². The number of hydrogen-bond donors (Lipinski definition) is 0. The zero-order valence-electron chi connectivity index (χ0n) is 18.1. The lowest BCUT2D eigenvalue weighted by Gasteiger charge is -2.56. The second kappa shape index (κ2) is 8.87. The van der Waals surface area contributed by atoms with Crippen molar-refractivity contribution in [3.05, 3.63) is 29.3 Å². The van der Waals surface area contributed by atoms with Crippen LogP contribution in [0, 0.1) is 23.2 Å². The molecule has 0 saturated heterocycles. The molecule has 2 aromatic rings. The van der Waals surface area contributed by atoms with E-state index in [2.05, 4.69) is 14.8 Å². The Labute approximate surface area is 193 Å². The molecule has 31 heavy (non-hydrogen) atoms. The molecule has 0 atom stereocenters. The first-order valence-electron chi connectivity index (χ1n) is 11.4. The summed E-state index contributed by atoms with van der Waals surface area (Å²) >= 11 is 7.98. The van der Waals surface area contributed by atoms with E-state index in [1.807, 2.05) is 24.3 Å². The number of nitrogens with zero attached hydrogens (tertiary/aromatic N) is 3. The van der Waals surface area contributed by atoms with Crippen LogP contribution in [-0.2, 0) is 16.1 Å². The summed E-state index contributed by atoms with van der Waals surface area (Å²) < 4.78 is 7.34. The number of carbonyl (C=O) groups excluding carboxylic acids is 1. The number of aromatic nitrogens is 3. The van der Waals surface area contributed by atoms with Crippen LogP contribution in [0.15, 0.2) is 29.4 Å². The maximum absolute atomic E-state index is 13.5. The molecule has 0 N–H and O–H groups in total. The van der Waals surface area contributed by atoms with E-state index >= 15 is 0 Å². The van der Waals surface area contributed by atoms with E-state index in [4.69, 9.17) is 16.3 Å². The molecule has 0 amide bonds. The Balaban J connectivity index is 1.34. The smallest absolute Gasteiger partial charge is 0.191 e. The van der Waals surface area contributed by atoms with Gasteiger partial charge in [0, 0.05) is 31.2 Å². The first-order chi connectivity index (χ1) is 15.1. The molecule has 5 nitrogen and oxygen atoms in total. The van der Waals surface area contributed by atoms with Gasteiger partial charge in [0.05, 0.1) is 10.8 Å². The number of ether oxygens (including phenoxy) is 1. The van der Waals surface area contributed by atoms with E-state index < -0.39 is 0 Å². The van der Waals surface area contributed by atoms with Gasteiger partial charge in [-0.2, -0.15) is 0 Å². The Bertz CT molecular complexity index is 925. The molecule has 4 fully saturated rings. The van der Waals surface area contributed by atoms with Crippen molar-refractivity contribution in [3.8, 4) is 11.4 Å². The first kappa shape index (κ1) is 21.5. The van der Waals surface area contributed by atoms with E-state index in [9.17, 15) is 4.79 Å². The van der Waals surface area contributed by atoms with E-state index in [0.29, 0.717) is 23.2 Å². The Morgan fingerprint density at radius 3 is 2.48 bits per heavy atom. The number of thioether (sulfide) groups is 1. The zero-order valence-corrected chi connectivity index (χ0v) is 19.6. The summed E-state index contributed by atoms with van der Waals surface area (Å²) in [5.41, 5.74) is 0.808. The van der Waals surface area contributed by atoms with Crippen molar-refractivity contribution in [1.82, 2.24) is 14.8 Å². The summed E-state index contributed by atoms with van der Waals surface area (Å²) in [5, 5.41) is 10.4. The molecule has 4 aliphatic carbocycles. The lowest BCUT2D eigenvalue weighted by molar-refractivity contribution is -0.141. The Hall–Kier alpha value is -1.37. The third-order valence-corrected chi connectivity index (χ3v) is 8.82. The van der Waals surface area contributed by atoms with Crippen LogP contribution in [0.5, 0.6) is 0 Å². The number of halogens is 1. The summed E-state index contributed by atoms with van der Waals surface area (Å²) in [6.07, 6.45) is 8.26. The Kier molecular flexibility index (Phi) is 6.15. The van der Waals surface area contributed by atoms with Crippen LogP contribution in [0.2, 0.25) is 5.02 Å². The van der Waals surface area contributed by atoms with Crippen LogP contribution in [0.3, 0.4) is 0 Å². The topological polar surface area (TPSA) is 57.0 Å². The summed E-state index contributed by atoms with van der Waals surface area (Å²) in [7, 11) is 1.71. The maximum atomic E-state index is 13.5. The minimum atomic E-state index is -0.0613. The van der Waals surface area contributed by atoms with Gasteiger partial charge in [-0.1, -0.05) is 35.5 Å². The minimum Gasteiger partial charge on any atom is -0.385 e. The zero-order chi connectivity index (χ0) is 21.4. The lowest BCUT2D eigenvalue weighted by Crippen LogP contribution is -2.50. The predicted molar refractivity (Wildman–Crippen MR) is 123 cm³/mol. The van der Waals surface area contributed by atoms with Gasteiger partial charge in [-0.3, -0.25) is 4.79 Å². The number of carbonyl (C=O) groups is 1. The fourth-order valence-corrected chi connectivity index (χ4v) is 7.76. The van der Waals surface area contributed by atoms with Crippen LogP contribution >= 0.6 is 23.4 Å². The molecule has 6 rings (SSSR count). The molecular weight excluding hydrogens is 430 g/mol. The molecule has 166 valence electrons. The van der Waals surface area contributed by atoms with Gasteiger partial charge in [0.15, 0.2) is 11.0 Å². The number of methoxy groups -OCH3 is 1.